The molecule has 0 spiro atoms. The van der Waals surface area contributed by atoms with Crippen LogP contribution in [0.4, 0.5) is 0 Å². The molecule has 7 nitrogen and oxygen atoms in total. The SMILES string of the molecule is CCNC(=NCCc1cccc(C(=O)NC)c1)N1CCOC(C2CCCO2)C1.I. The highest BCUT2D eigenvalue weighted by atomic mass is 127. The van der Waals surface area contributed by atoms with Crippen molar-refractivity contribution in [1.82, 2.24) is 15.5 Å². The van der Waals surface area contributed by atoms with Crippen molar-refractivity contribution >= 4 is 35.8 Å². The highest BCUT2D eigenvalue weighted by Gasteiger charge is 2.32. The summed E-state index contributed by atoms with van der Waals surface area (Å²) in [5, 5.41) is 6.07. The fourth-order valence-electron chi connectivity index (χ4n) is 3.72. The summed E-state index contributed by atoms with van der Waals surface area (Å²) in [6, 6.07) is 7.72. The summed E-state index contributed by atoms with van der Waals surface area (Å²) in [4.78, 5) is 18.9. The van der Waals surface area contributed by atoms with Crippen molar-refractivity contribution < 1.29 is 14.3 Å². The largest absolute Gasteiger partial charge is 0.375 e. The molecular weight excluding hydrogens is 483 g/mol. The lowest BCUT2D eigenvalue weighted by atomic mass is 10.1. The Labute approximate surface area is 190 Å². The van der Waals surface area contributed by atoms with Crippen molar-refractivity contribution in [3.8, 4) is 0 Å². The third-order valence-corrected chi connectivity index (χ3v) is 5.19. The lowest BCUT2D eigenvalue weighted by Gasteiger charge is -2.37. The van der Waals surface area contributed by atoms with Gasteiger partial charge in [0.15, 0.2) is 5.96 Å². The molecule has 2 atom stereocenters. The Balaban J connectivity index is 0.00000300. The van der Waals surface area contributed by atoms with Crippen LogP contribution in [0, 0.1) is 0 Å². The summed E-state index contributed by atoms with van der Waals surface area (Å²) in [6.45, 7) is 6.76. The Morgan fingerprint density at radius 2 is 2.10 bits per heavy atom. The number of carbonyl (C=O) groups is 1. The quantitative estimate of drug-likeness (QED) is 0.344. The molecule has 0 aromatic heterocycles. The smallest absolute Gasteiger partial charge is 0.251 e. The predicted molar refractivity (Wildman–Crippen MR) is 125 cm³/mol. The van der Waals surface area contributed by atoms with Crippen molar-refractivity contribution in [2.45, 2.75) is 38.4 Å². The maximum Gasteiger partial charge on any atom is 0.251 e. The zero-order chi connectivity index (χ0) is 19.8. The van der Waals surface area contributed by atoms with Crippen LogP contribution >= 0.6 is 24.0 Å². The van der Waals surface area contributed by atoms with Crippen LogP contribution in [0.2, 0.25) is 0 Å². The normalized spacial score (nSPS) is 22.1. The van der Waals surface area contributed by atoms with Gasteiger partial charge in [0, 0.05) is 45.4 Å². The molecule has 29 heavy (non-hydrogen) atoms. The van der Waals surface area contributed by atoms with Crippen LogP contribution in [-0.4, -0.2) is 75.4 Å². The number of nitrogens with zero attached hydrogens (tertiary/aromatic N) is 2. The molecule has 1 aromatic rings. The first kappa shape index (κ1) is 23.9. The van der Waals surface area contributed by atoms with Crippen molar-refractivity contribution in [3.05, 3.63) is 35.4 Å². The zero-order valence-corrected chi connectivity index (χ0v) is 19.7. The van der Waals surface area contributed by atoms with E-state index in [0.29, 0.717) is 18.7 Å². The highest BCUT2D eigenvalue weighted by molar-refractivity contribution is 14.0. The van der Waals surface area contributed by atoms with E-state index in [1.807, 2.05) is 24.3 Å². The Bertz CT molecular complexity index is 680. The number of ether oxygens (including phenoxy) is 2. The molecule has 8 heteroatoms. The molecule has 2 fully saturated rings. The van der Waals surface area contributed by atoms with Gasteiger partial charge in [-0.15, -0.1) is 24.0 Å². The van der Waals surface area contributed by atoms with Gasteiger partial charge >= 0.3 is 0 Å². The first-order valence-corrected chi connectivity index (χ1v) is 10.3. The van der Waals surface area contributed by atoms with E-state index in [1.165, 1.54) is 0 Å². The first-order chi connectivity index (χ1) is 13.7. The molecule has 2 saturated heterocycles. The van der Waals surface area contributed by atoms with Crippen LogP contribution in [0.15, 0.2) is 29.3 Å². The van der Waals surface area contributed by atoms with Gasteiger partial charge in [0.05, 0.1) is 12.7 Å². The van der Waals surface area contributed by atoms with E-state index in [0.717, 1.165) is 57.0 Å². The van der Waals surface area contributed by atoms with Gasteiger partial charge in [-0.2, -0.15) is 0 Å². The molecule has 1 aromatic carbocycles. The highest BCUT2D eigenvalue weighted by Crippen LogP contribution is 2.21. The molecule has 0 saturated carbocycles. The molecule has 1 amide bonds. The molecule has 0 aliphatic carbocycles. The topological polar surface area (TPSA) is 75.2 Å². The fraction of sp³-hybridized carbons (Fsp3) is 0.619. The van der Waals surface area contributed by atoms with E-state index in [9.17, 15) is 4.79 Å². The van der Waals surface area contributed by atoms with Crippen LogP contribution < -0.4 is 10.6 Å². The van der Waals surface area contributed by atoms with Crippen LogP contribution in [0.1, 0.15) is 35.7 Å². The van der Waals surface area contributed by atoms with Crippen molar-refractivity contribution in [2.75, 3.05) is 46.4 Å². The van der Waals surface area contributed by atoms with E-state index in [1.54, 1.807) is 7.05 Å². The molecule has 2 N–H and O–H groups in total. The molecule has 2 unspecified atom stereocenters. The van der Waals surface area contributed by atoms with Gasteiger partial charge in [-0.25, -0.2) is 0 Å². The third kappa shape index (κ3) is 6.82. The number of aliphatic imine (C=N–C) groups is 1. The summed E-state index contributed by atoms with van der Waals surface area (Å²) < 4.78 is 11.8. The Kier molecular flexibility index (Phi) is 10.2. The summed E-state index contributed by atoms with van der Waals surface area (Å²) in [5.74, 6) is 0.864. The predicted octanol–water partition coefficient (Wildman–Crippen LogP) is 2.05. The standard InChI is InChI=1S/C21H32N4O3.HI/c1-3-23-21(25-11-13-28-19(15-25)18-8-5-12-27-18)24-10-9-16-6-4-7-17(14-16)20(26)22-2;/h4,6-7,14,18-19H,3,5,8-13,15H2,1-2H3,(H,22,26)(H,23,24);1H. The average molecular weight is 516 g/mol. The lowest BCUT2D eigenvalue weighted by Crippen LogP contribution is -2.53. The van der Waals surface area contributed by atoms with Gasteiger partial charge < -0.3 is 25.0 Å². The second-order valence-corrected chi connectivity index (χ2v) is 7.17. The van der Waals surface area contributed by atoms with E-state index in [-0.39, 0.29) is 42.1 Å². The van der Waals surface area contributed by atoms with E-state index in [2.05, 4.69) is 22.5 Å². The number of morpholine rings is 1. The second-order valence-electron chi connectivity index (χ2n) is 7.17. The molecule has 0 bridgehead atoms. The van der Waals surface area contributed by atoms with Crippen LogP contribution in [0.5, 0.6) is 0 Å². The summed E-state index contributed by atoms with van der Waals surface area (Å²) in [6.07, 6.45) is 3.31. The number of nitrogens with one attached hydrogen (secondary N) is 2. The molecule has 2 aliphatic heterocycles. The zero-order valence-electron chi connectivity index (χ0n) is 17.4. The van der Waals surface area contributed by atoms with E-state index < -0.39 is 0 Å². The molecule has 2 aliphatic rings. The Hall–Kier alpha value is -1.39. The maximum absolute atomic E-state index is 11.8. The minimum atomic E-state index is -0.0628. The summed E-state index contributed by atoms with van der Waals surface area (Å²) >= 11 is 0. The number of hydrogen-bond acceptors (Lipinski definition) is 4. The van der Waals surface area contributed by atoms with Crippen molar-refractivity contribution in [3.63, 3.8) is 0 Å². The molecule has 162 valence electrons. The molecule has 2 heterocycles. The van der Waals surface area contributed by atoms with Crippen LogP contribution in [-0.2, 0) is 15.9 Å². The fourth-order valence-corrected chi connectivity index (χ4v) is 3.72. The van der Waals surface area contributed by atoms with Gasteiger partial charge in [0.1, 0.15) is 6.10 Å². The van der Waals surface area contributed by atoms with Gasteiger partial charge in [-0.3, -0.25) is 9.79 Å². The third-order valence-electron chi connectivity index (χ3n) is 5.19. The number of rotatable bonds is 6. The monoisotopic (exact) mass is 516 g/mol. The minimum Gasteiger partial charge on any atom is -0.375 e. The van der Waals surface area contributed by atoms with Crippen LogP contribution in [0.3, 0.4) is 0 Å². The number of guanidine groups is 1. The number of amides is 1. The van der Waals surface area contributed by atoms with Crippen LogP contribution in [0.25, 0.3) is 0 Å². The Morgan fingerprint density at radius 1 is 1.28 bits per heavy atom. The number of benzene rings is 1. The van der Waals surface area contributed by atoms with Gasteiger partial charge in [-0.05, 0) is 43.9 Å². The Morgan fingerprint density at radius 3 is 2.83 bits per heavy atom. The van der Waals surface area contributed by atoms with Crippen molar-refractivity contribution in [2.24, 2.45) is 4.99 Å². The van der Waals surface area contributed by atoms with Gasteiger partial charge in [0.2, 0.25) is 0 Å². The van der Waals surface area contributed by atoms with E-state index >= 15 is 0 Å². The average Bonchev–Trinajstić information content (AvgIpc) is 3.28. The molecule has 0 radical (unpaired) electrons. The molecule has 3 rings (SSSR count). The first-order valence-electron chi connectivity index (χ1n) is 10.3. The number of halogens is 1. The van der Waals surface area contributed by atoms with Crippen molar-refractivity contribution in [1.29, 1.82) is 0 Å². The molecular formula is C21H33IN4O3. The number of hydrogen-bond donors (Lipinski definition) is 2. The maximum atomic E-state index is 11.8. The van der Waals surface area contributed by atoms with Gasteiger partial charge in [-0.1, -0.05) is 12.1 Å². The lowest BCUT2D eigenvalue weighted by molar-refractivity contribution is -0.0817. The number of carbonyl (C=O) groups excluding carboxylic acids is 1. The van der Waals surface area contributed by atoms with Gasteiger partial charge in [0.25, 0.3) is 5.91 Å². The second kappa shape index (κ2) is 12.3. The minimum absolute atomic E-state index is 0. The summed E-state index contributed by atoms with van der Waals surface area (Å²) in [7, 11) is 1.65. The van der Waals surface area contributed by atoms with E-state index in [4.69, 9.17) is 14.5 Å². The summed E-state index contributed by atoms with van der Waals surface area (Å²) in [5.41, 5.74) is 1.79.